The fourth-order valence-electron chi connectivity index (χ4n) is 2.52. The van der Waals surface area contributed by atoms with Crippen molar-refractivity contribution >= 4 is 21.2 Å². The number of nitrogens with zero attached hydrogens (tertiary/aromatic N) is 4. The zero-order chi connectivity index (χ0) is 22.0. The lowest BCUT2D eigenvalue weighted by Crippen LogP contribution is -2.25. The molecule has 1 aromatic heterocycles. The molecule has 150 valence electrons. The largest absolute Gasteiger partial charge is 0.522 e. The molecule has 0 aliphatic rings. The summed E-state index contributed by atoms with van der Waals surface area (Å²) in [6, 6.07) is 15.9. The van der Waals surface area contributed by atoms with Crippen LogP contribution in [0.1, 0.15) is 16.7 Å². The highest BCUT2D eigenvalue weighted by Gasteiger charge is 2.44. The van der Waals surface area contributed by atoms with Gasteiger partial charge in [0.1, 0.15) is 17.8 Å². The predicted molar refractivity (Wildman–Crippen MR) is 96.2 cm³/mol. The van der Waals surface area contributed by atoms with Crippen molar-refractivity contribution < 1.29 is 30.7 Å². The van der Waals surface area contributed by atoms with Crippen LogP contribution in [-0.2, 0) is 17.2 Å². The summed E-state index contributed by atoms with van der Waals surface area (Å²) in [5.41, 5.74) is -0.682. The fraction of sp³-hybridized carbons (Fsp3) is 0.167. The minimum absolute atomic E-state index is 0.401. The van der Waals surface area contributed by atoms with Crippen LogP contribution < -0.4 is 4.57 Å². The minimum atomic E-state index is -5.84. The molecule has 0 amide bonds. The first-order valence-electron chi connectivity index (χ1n) is 7.84. The number of alkyl halides is 3. The van der Waals surface area contributed by atoms with Crippen LogP contribution >= 0.6 is 0 Å². The number of fused-ring (bicyclic) bond motifs is 1. The normalized spacial score (nSPS) is 11.3. The van der Waals surface area contributed by atoms with E-state index in [2.05, 4.69) is 18.2 Å². The third kappa shape index (κ3) is 4.71. The zero-order valence-corrected chi connectivity index (χ0v) is 16.0. The number of hydrogen-bond donors (Lipinski definition) is 1. The summed E-state index contributed by atoms with van der Waals surface area (Å²) < 4.78 is 61.5. The van der Waals surface area contributed by atoms with E-state index in [1.165, 1.54) is 5.56 Å². The second-order valence-electron chi connectivity index (χ2n) is 5.97. The molecule has 0 aliphatic carbocycles. The van der Waals surface area contributed by atoms with Gasteiger partial charge in [0.25, 0.3) is 0 Å². The first kappa shape index (κ1) is 21.9. The molecule has 0 saturated carbocycles. The van der Waals surface area contributed by atoms with Gasteiger partial charge in [-0.3, -0.25) is 4.55 Å². The average Bonchev–Trinajstić information content (AvgIpc) is 2.95. The molecule has 3 rings (SSSR count). The Morgan fingerprint density at radius 3 is 2.14 bits per heavy atom. The molecule has 3 aromatic rings. The summed E-state index contributed by atoms with van der Waals surface area (Å²) in [7, 11) is -3.91. The number of halogens is 3. The summed E-state index contributed by atoms with van der Waals surface area (Å²) in [5.74, 6) is 0. The van der Waals surface area contributed by atoms with Crippen LogP contribution in [0.15, 0.2) is 42.7 Å². The molecule has 1 N–H and O–H groups in total. The highest BCUT2D eigenvalue weighted by Crippen LogP contribution is 2.22. The number of aromatic nitrogens is 2. The molecule has 7 nitrogen and oxygen atoms in total. The van der Waals surface area contributed by atoms with E-state index in [0.29, 0.717) is 11.1 Å². The minimum Gasteiger partial charge on any atom is -0.279 e. The number of imidazole rings is 1. The van der Waals surface area contributed by atoms with Crippen LogP contribution in [-0.4, -0.2) is 23.0 Å². The Morgan fingerprint density at radius 1 is 1.10 bits per heavy atom. The van der Waals surface area contributed by atoms with Crippen LogP contribution in [0.25, 0.3) is 16.7 Å². The molecular weight excluding hydrogens is 409 g/mol. The summed E-state index contributed by atoms with van der Waals surface area (Å²) >= 11 is 0. The van der Waals surface area contributed by atoms with Crippen molar-refractivity contribution in [3.05, 3.63) is 59.4 Å². The van der Waals surface area contributed by atoms with Gasteiger partial charge in [-0.25, -0.2) is 4.57 Å². The molecular formula is C18H14F3N4O3S+. The SMILES string of the molecule is Cc1cccc(-n2c[n+](C)c3cc(C#N)c(C#N)cc32)c1.O=S(=O)(O)C(F)(F)F. The molecule has 0 spiro atoms. The molecule has 0 unspecified atom stereocenters. The first-order valence-corrected chi connectivity index (χ1v) is 9.28. The molecule has 0 radical (unpaired) electrons. The van der Waals surface area contributed by atoms with E-state index in [9.17, 15) is 18.4 Å². The second kappa shape index (κ2) is 7.91. The van der Waals surface area contributed by atoms with E-state index < -0.39 is 15.6 Å². The average molecular weight is 423 g/mol. The second-order valence-corrected chi connectivity index (χ2v) is 7.38. The Balaban J connectivity index is 0.000000321. The molecule has 0 atom stereocenters. The maximum atomic E-state index is 10.7. The Hall–Kier alpha value is -3.41. The van der Waals surface area contributed by atoms with E-state index in [1.807, 2.05) is 47.6 Å². The Bertz CT molecular complexity index is 1270. The molecule has 1 heterocycles. The topological polar surface area (TPSA) is 111 Å². The molecule has 0 bridgehead atoms. The van der Waals surface area contributed by atoms with Crippen LogP contribution in [0.3, 0.4) is 0 Å². The van der Waals surface area contributed by atoms with Crippen molar-refractivity contribution in [3.8, 4) is 17.8 Å². The molecule has 0 fully saturated rings. The Labute approximate surface area is 164 Å². The molecule has 0 saturated heterocycles. The number of rotatable bonds is 1. The fourth-order valence-corrected chi connectivity index (χ4v) is 2.52. The van der Waals surface area contributed by atoms with Gasteiger partial charge in [0.2, 0.25) is 6.33 Å². The van der Waals surface area contributed by atoms with Gasteiger partial charge >= 0.3 is 15.6 Å². The lowest BCUT2D eigenvalue weighted by atomic mass is 10.1. The lowest BCUT2D eigenvalue weighted by Gasteiger charge is -1.99. The quantitative estimate of drug-likeness (QED) is 0.368. The van der Waals surface area contributed by atoms with Gasteiger partial charge in [-0.1, -0.05) is 12.1 Å². The van der Waals surface area contributed by atoms with E-state index >= 15 is 0 Å². The predicted octanol–water partition coefficient (Wildman–Crippen LogP) is 2.90. The van der Waals surface area contributed by atoms with Crippen LogP contribution in [0, 0.1) is 29.6 Å². The third-order valence-electron chi connectivity index (χ3n) is 3.86. The van der Waals surface area contributed by atoms with Crippen molar-refractivity contribution in [2.75, 3.05) is 0 Å². The molecule has 0 aliphatic heterocycles. The van der Waals surface area contributed by atoms with Gasteiger partial charge in [-0.15, -0.1) is 0 Å². The monoisotopic (exact) mass is 423 g/mol. The number of nitriles is 2. The Kier molecular flexibility index (Phi) is 5.97. The van der Waals surface area contributed by atoms with Gasteiger partial charge < -0.3 is 0 Å². The molecule has 11 heteroatoms. The highest BCUT2D eigenvalue weighted by molar-refractivity contribution is 7.86. The number of aryl methyl sites for hydroxylation is 2. The van der Waals surface area contributed by atoms with Crippen LogP contribution in [0.5, 0.6) is 0 Å². The maximum Gasteiger partial charge on any atom is 0.522 e. The highest BCUT2D eigenvalue weighted by atomic mass is 32.2. The maximum absolute atomic E-state index is 10.7. The molecule has 2 aromatic carbocycles. The van der Waals surface area contributed by atoms with Crippen molar-refractivity contribution in [1.29, 1.82) is 10.5 Å². The van der Waals surface area contributed by atoms with E-state index in [0.717, 1.165) is 16.7 Å². The first-order chi connectivity index (χ1) is 13.4. The zero-order valence-electron chi connectivity index (χ0n) is 15.1. The summed E-state index contributed by atoms with van der Waals surface area (Å²) in [4.78, 5) is 0. The number of hydrogen-bond acceptors (Lipinski definition) is 4. The smallest absolute Gasteiger partial charge is 0.279 e. The van der Waals surface area contributed by atoms with E-state index in [-0.39, 0.29) is 0 Å². The van der Waals surface area contributed by atoms with Gasteiger partial charge in [0.15, 0.2) is 11.0 Å². The van der Waals surface area contributed by atoms with Gasteiger partial charge in [0, 0.05) is 12.1 Å². The van der Waals surface area contributed by atoms with Crippen LogP contribution in [0.2, 0.25) is 0 Å². The Morgan fingerprint density at radius 2 is 1.66 bits per heavy atom. The number of benzene rings is 2. The van der Waals surface area contributed by atoms with Crippen molar-refractivity contribution in [1.82, 2.24) is 4.57 Å². The van der Waals surface area contributed by atoms with E-state index in [1.54, 1.807) is 12.1 Å². The van der Waals surface area contributed by atoms with Crippen molar-refractivity contribution in [3.63, 3.8) is 0 Å². The van der Waals surface area contributed by atoms with Gasteiger partial charge in [-0.2, -0.15) is 36.7 Å². The third-order valence-corrected chi connectivity index (χ3v) is 4.44. The van der Waals surface area contributed by atoms with Gasteiger partial charge in [-0.05, 0) is 24.6 Å². The molecule has 29 heavy (non-hydrogen) atoms. The van der Waals surface area contributed by atoms with E-state index in [4.69, 9.17) is 18.2 Å². The summed E-state index contributed by atoms with van der Waals surface area (Å²) in [6.45, 7) is 2.05. The van der Waals surface area contributed by atoms with Crippen molar-refractivity contribution in [2.45, 2.75) is 12.4 Å². The standard InChI is InChI=1S/C17H13N4.CHF3O3S/c1-12-4-3-5-15(6-12)21-11-20(2)16-7-13(9-18)14(10-19)8-17(16)21;2-1(3,4)8(5,6)7/h3-8,11H,1-2H3;(H,5,6,7)/q+1;. The lowest BCUT2D eigenvalue weighted by molar-refractivity contribution is -0.645. The van der Waals surface area contributed by atoms with Crippen LogP contribution in [0.4, 0.5) is 13.2 Å². The summed E-state index contributed by atoms with van der Waals surface area (Å²) in [6.07, 6.45) is 1.96. The van der Waals surface area contributed by atoms with Gasteiger partial charge in [0.05, 0.1) is 18.2 Å². The summed E-state index contributed by atoms with van der Waals surface area (Å²) in [5, 5.41) is 18.3. The van der Waals surface area contributed by atoms with Crippen molar-refractivity contribution in [2.24, 2.45) is 7.05 Å².